The normalized spacial score (nSPS) is 12.8. The van der Waals surface area contributed by atoms with Gasteiger partial charge >= 0.3 is 0 Å². The molecule has 4 heteroatoms. The summed E-state index contributed by atoms with van der Waals surface area (Å²) in [5.41, 5.74) is 0.833. The molecule has 0 aliphatic rings. The molecule has 1 aromatic heterocycles. The van der Waals surface area contributed by atoms with E-state index in [-0.39, 0.29) is 11.7 Å². The zero-order chi connectivity index (χ0) is 12.1. The molecule has 0 saturated heterocycles. The van der Waals surface area contributed by atoms with Crippen LogP contribution in [0.3, 0.4) is 0 Å². The lowest BCUT2D eigenvalue weighted by molar-refractivity contribution is 0.0908. The van der Waals surface area contributed by atoms with Gasteiger partial charge in [-0.1, -0.05) is 26.7 Å². The van der Waals surface area contributed by atoms with Gasteiger partial charge in [0.1, 0.15) is 0 Å². The second kappa shape index (κ2) is 6.92. The van der Waals surface area contributed by atoms with Gasteiger partial charge in [0.2, 0.25) is 0 Å². The van der Waals surface area contributed by atoms with Crippen molar-refractivity contribution in [1.29, 1.82) is 0 Å². The second-order valence-electron chi connectivity index (χ2n) is 3.85. The van der Waals surface area contributed by atoms with E-state index >= 15 is 0 Å². The van der Waals surface area contributed by atoms with Crippen LogP contribution in [0.5, 0.6) is 0 Å². The molecule has 0 spiro atoms. The first-order valence-corrected chi connectivity index (χ1v) is 7.99. The highest BCUT2D eigenvalue weighted by Crippen LogP contribution is 2.34. The van der Waals surface area contributed by atoms with Gasteiger partial charge in [0, 0.05) is 11.5 Å². The zero-order valence-electron chi connectivity index (χ0n) is 9.56. The Labute approximate surface area is 118 Å². The predicted molar refractivity (Wildman–Crippen MR) is 77.4 cm³/mol. The number of carbonyl (C=O) groups excluding carboxylic acids is 1. The van der Waals surface area contributed by atoms with Gasteiger partial charge < -0.3 is 0 Å². The highest BCUT2D eigenvalue weighted by atomic mass is 79.9. The van der Waals surface area contributed by atoms with Gasteiger partial charge in [0.25, 0.3) is 0 Å². The van der Waals surface area contributed by atoms with Crippen molar-refractivity contribution in [3.63, 3.8) is 0 Å². The average Bonchev–Trinajstić information content (AvgIpc) is 2.58. The van der Waals surface area contributed by atoms with E-state index in [1.165, 1.54) is 0 Å². The van der Waals surface area contributed by atoms with Crippen molar-refractivity contribution in [2.45, 2.75) is 39.5 Å². The number of Topliss-reactive ketones (excluding diaryl/α,β-unsaturated/α-hetero) is 1. The Morgan fingerprint density at radius 3 is 2.56 bits per heavy atom. The molecule has 0 aliphatic heterocycles. The number of rotatable bonds is 6. The molecular weight excluding hydrogens is 352 g/mol. The molecular formula is C12H16Br2OS. The molecule has 1 unspecified atom stereocenters. The van der Waals surface area contributed by atoms with Crippen LogP contribution in [0.25, 0.3) is 0 Å². The topological polar surface area (TPSA) is 17.1 Å². The van der Waals surface area contributed by atoms with Crippen LogP contribution < -0.4 is 0 Å². The Morgan fingerprint density at radius 1 is 1.44 bits per heavy atom. The molecule has 16 heavy (non-hydrogen) atoms. The molecule has 1 nitrogen and oxygen atoms in total. The Balaban J connectivity index is 2.78. The van der Waals surface area contributed by atoms with E-state index in [2.05, 4.69) is 45.7 Å². The van der Waals surface area contributed by atoms with Crippen LogP contribution in [0.4, 0.5) is 0 Å². The van der Waals surface area contributed by atoms with Crippen molar-refractivity contribution in [2.24, 2.45) is 5.92 Å². The number of unbranched alkanes of at least 4 members (excludes halogenated alkanes) is 1. The molecule has 0 fully saturated rings. The molecule has 0 aliphatic carbocycles. The fraction of sp³-hybridized carbons (Fsp3) is 0.583. The lowest BCUT2D eigenvalue weighted by atomic mass is 9.92. The minimum Gasteiger partial charge on any atom is -0.294 e. The first kappa shape index (κ1) is 14.4. The summed E-state index contributed by atoms with van der Waals surface area (Å²) < 4.78 is 1.95. The Kier molecular flexibility index (Phi) is 6.22. The first-order valence-electron chi connectivity index (χ1n) is 5.59. The van der Waals surface area contributed by atoms with Gasteiger partial charge in [-0.25, -0.2) is 0 Å². The number of hydrogen-bond donors (Lipinski definition) is 0. The summed E-state index contributed by atoms with van der Waals surface area (Å²) in [6, 6.07) is 1.92. The molecule has 0 N–H and O–H groups in total. The SMILES string of the molecule is CCCCC(CC)C(=O)c1cc(Br)sc1Br. The Bertz CT molecular complexity index is 360. The third-order valence-corrected chi connectivity index (χ3v) is 5.03. The minimum absolute atomic E-state index is 0.178. The van der Waals surface area contributed by atoms with Crippen molar-refractivity contribution in [2.75, 3.05) is 0 Å². The van der Waals surface area contributed by atoms with Crippen molar-refractivity contribution in [3.05, 3.63) is 19.2 Å². The highest BCUT2D eigenvalue weighted by molar-refractivity contribution is 9.12. The van der Waals surface area contributed by atoms with Crippen LogP contribution in [-0.2, 0) is 0 Å². The average molecular weight is 368 g/mol. The number of ketones is 1. The lowest BCUT2D eigenvalue weighted by Crippen LogP contribution is -2.13. The van der Waals surface area contributed by atoms with Crippen molar-refractivity contribution in [3.8, 4) is 0 Å². The number of halogens is 2. The van der Waals surface area contributed by atoms with Crippen molar-refractivity contribution in [1.82, 2.24) is 0 Å². The molecule has 0 saturated carbocycles. The standard InChI is InChI=1S/C12H16Br2OS/c1-3-5-6-8(4-2)11(15)9-7-10(13)16-12(9)14/h7-8H,3-6H2,1-2H3. The number of hydrogen-bond acceptors (Lipinski definition) is 2. The smallest absolute Gasteiger partial charge is 0.167 e. The van der Waals surface area contributed by atoms with E-state index in [1.54, 1.807) is 11.3 Å². The number of carbonyl (C=O) groups is 1. The largest absolute Gasteiger partial charge is 0.294 e. The molecule has 1 aromatic rings. The third kappa shape index (κ3) is 3.67. The van der Waals surface area contributed by atoms with Crippen LogP contribution in [0.2, 0.25) is 0 Å². The van der Waals surface area contributed by atoms with Gasteiger partial charge in [-0.05, 0) is 50.8 Å². The summed E-state index contributed by atoms with van der Waals surface area (Å²) >= 11 is 8.42. The van der Waals surface area contributed by atoms with Gasteiger partial charge in [0.05, 0.1) is 7.57 Å². The molecule has 0 amide bonds. The first-order chi connectivity index (χ1) is 7.60. The predicted octanol–water partition coefficient (Wildman–Crippen LogP) is 5.67. The highest BCUT2D eigenvalue weighted by Gasteiger charge is 2.21. The monoisotopic (exact) mass is 366 g/mol. The van der Waals surface area contributed by atoms with Gasteiger partial charge in [-0.3, -0.25) is 4.79 Å². The third-order valence-electron chi connectivity index (χ3n) is 2.69. The van der Waals surface area contributed by atoms with E-state index in [0.29, 0.717) is 0 Å². The van der Waals surface area contributed by atoms with Gasteiger partial charge in [-0.2, -0.15) is 0 Å². The van der Waals surface area contributed by atoms with Crippen LogP contribution in [0, 0.1) is 5.92 Å². The Hall–Kier alpha value is 0.330. The minimum atomic E-state index is 0.178. The molecule has 0 aromatic carbocycles. The van der Waals surface area contributed by atoms with E-state index in [4.69, 9.17) is 0 Å². The van der Waals surface area contributed by atoms with Crippen LogP contribution >= 0.6 is 43.2 Å². The lowest BCUT2D eigenvalue weighted by Gasteiger charge is -2.12. The summed E-state index contributed by atoms with van der Waals surface area (Å²) in [5.74, 6) is 0.461. The zero-order valence-corrected chi connectivity index (χ0v) is 13.5. The van der Waals surface area contributed by atoms with Gasteiger partial charge in [-0.15, -0.1) is 11.3 Å². The second-order valence-corrected chi connectivity index (χ2v) is 7.60. The van der Waals surface area contributed by atoms with Crippen molar-refractivity contribution < 1.29 is 4.79 Å². The maximum absolute atomic E-state index is 12.3. The van der Waals surface area contributed by atoms with E-state index < -0.39 is 0 Å². The van der Waals surface area contributed by atoms with Crippen LogP contribution in [0.15, 0.2) is 13.6 Å². The summed E-state index contributed by atoms with van der Waals surface area (Å²) in [7, 11) is 0. The fourth-order valence-electron chi connectivity index (χ4n) is 1.70. The molecule has 1 rings (SSSR count). The van der Waals surface area contributed by atoms with E-state index in [9.17, 15) is 4.79 Å². The fourth-order valence-corrected chi connectivity index (χ4v) is 4.52. The Morgan fingerprint density at radius 2 is 2.12 bits per heavy atom. The number of thiophene rings is 1. The van der Waals surface area contributed by atoms with Gasteiger partial charge in [0.15, 0.2) is 5.78 Å². The molecule has 0 radical (unpaired) electrons. The van der Waals surface area contributed by atoms with E-state index in [1.807, 2.05) is 6.07 Å². The maximum atomic E-state index is 12.3. The van der Waals surface area contributed by atoms with Crippen LogP contribution in [0.1, 0.15) is 49.9 Å². The molecule has 1 atom stereocenters. The summed E-state index contributed by atoms with van der Waals surface area (Å²) in [5, 5.41) is 0. The van der Waals surface area contributed by atoms with Crippen LogP contribution in [-0.4, -0.2) is 5.78 Å². The molecule has 90 valence electrons. The molecule has 1 heterocycles. The van der Waals surface area contributed by atoms with Crippen molar-refractivity contribution >= 4 is 49.0 Å². The summed E-state index contributed by atoms with van der Waals surface area (Å²) in [6.07, 6.45) is 4.22. The summed E-state index contributed by atoms with van der Waals surface area (Å²) in [4.78, 5) is 12.3. The van der Waals surface area contributed by atoms with E-state index in [0.717, 1.165) is 38.8 Å². The maximum Gasteiger partial charge on any atom is 0.167 e. The summed E-state index contributed by atoms with van der Waals surface area (Å²) in [6.45, 7) is 4.25. The quantitative estimate of drug-likeness (QED) is 0.591. The molecule has 0 bridgehead atoms.